The maximum atomic E-state index is 13.4. The van der Waals surface area contributed by atoms with Gasteiger partial charge < -0.3 is 9.47 Å². The van der Waals surface area contributed by atoms with Crippen molar-refractivity contribution in [1.29, 1.82) is 0 Å². The smallest absolute Gasteiger partial charge is 0.266 e. The van der Waals surface area contributed by atoms with E-state index in [0.717, 1.165) is 25.8 Å². The molecule has 3 aromatic carbocycles. The Morgan fingerprint density at radius 2 is 1.76 bits per heavy atom. The summed E-state index contributed by atoms with van der Waals surface area (Å²) >= 11 is 14.5. The summed E-state index contributed by atoms with van der Waals surface area (Å²) in [5.41, 5.74) is 2.59. The van der Waals surface area contributed by atoms with Gasteiger partial charge in [-0.25, -0.2) is 4.99 Å². The predicted molar refractivity (Wildman–Crippen MR) is 160 cm³/mol. The Labute approximate surface area is 243 Å². The number of ether oxygens (including phenoxy) is 2. The number of amidine groups is 1. The molecule has 192 valence electrons. The van der Waals surface area contributed by atoms with E-state index < -0.39 is 0 Å². The number of nitrogens with zero attached hydrogens (tertiary/aromatic N) is 2. The largest absolute Gasteiger partial charge is 0.493 e. The van der Waals surface area contributed by atoms with Gasteiger partial charge in [0.1, 0.15) is 6.61 Å². The highest BCUT2D eigenvalue weighted by atomic mass is 79.9. The van der Waals surface area contributed by atoms with Crippen molar-refractivity contribution in [3.63, 3.8) is 0 Å². The van der Waals surface area contributed by atoms with Crippen molar-refractivity contribution in [1.82, 2.24) is 4.90 Å². The molecule has 1 aliphatic rings. The standard InChI is InChI=1S/C28H25Br2ClN2O3S/c1-17(2)15-33-27(34)26(37-28(33)32-22-10-8-21(31)9-11-22)13-19-12-24(35-3)25(14-23(19)30)36-16-18-4-6-20(29)7-5-18/h4-14,17H,15-16H2,1-3H3/b26-13-,32-28?. The number of benzene rings is 3. The van der Waals surface area contributed by atoms with E-state index in [2.05, 4.69) is 45.7 Å². The molecule has 37 heavy (non-hydrogen) atoms. The Morgan fingerprint density at radius 1 is 1.05 bits per heavy atom. The average Bonchev–Trinajstić information content (AvgIpc) is 3.14. The fourth-order valence-corrected chi connectivity index (χ4v) is 5.39. The third-order valence-electron chi connectivity index (χ3n) is 5.36. The van der Waals surface area contributed by atoms with Gasteiger partial charge in [0.25, 0.3) is 5.91 Å². The van der Waals surface area contributed by atoms with Crippen LogP contribution in [0.3, 0.4) is 0 Å². The number of carbonyl (C=O) groups excluding carboxylic acids is 1. The minimum absolute atomic E-state index is 0.0761. The molecule has 0 radical (unpaired) electrons. The molecule has 5 nitrogen and oxygen atoms in total. The molecule has 0 bridgehead atoms. The van der Waals surface area contributed by atoms with Crippen molar-refractivity contribution in [3.05, 3.63) is 90.7 Å². The monoisotopic (exact) mass is 662 g/mol. The first-order valence-corrected chi connectivity index (χ1v) is 14.3. The summed E-state index contributed by atoms with van der Waals surface area (Å²) in [6, 6.07) is 18.9. The van der Waals surface area contributed by atoms with Crippen LogP contribution in [-0.2, 0) is 11.4 Å². The zero-order valence-electron chi connectivity index (χ0n) is 20.5. The van der Waals surface area contributed by atoms with Crippen LogP contribution >= 0.6 is 55.2 Å². The molecule has 0 N–H and O–H groups in total. The number of amides is 1. The van der Waals surface area contributed by atoms with Crippen molar-refractivity contribution >= 4 is 78.1 Å². The Bertz CT molecular complexity index is 1340. The Balaban J connectivity index is 1.61. The van der Waals surface area contributed by atoms with E-state index in [-0.39, 0.29) is 11.8 Å². The first-order valence-electron chi connectivity index (χ1n) is 11.5. The van der Waals surface area contributed by atoms with Gasteiger partial charge in [-0.3, -0.25) is 9.69 Å². The van der Waals surface area contributed by atoms with Crippen molar-refractivity contribution in [2.45, 2.75) is 20.5 Å². The predicted octanol–water partition coefficient (Wildman–Crippen LogP) is 8.71. The molecule has 9 heteroatoms. The van der Waals surface area contributed by atoms with E-state index in [0.29, 0.717) is 39.7 Å². The van der Waals surface area contributed by atoms with Crippen molar-refractivity contribution in [3.8, 4) is 11.5 Å². The summed E-state index contributed by atoms with van der Waals surface area (Å²) < 4.78 is 13.4. The molecule has 0 spiro atoms. The lowest BCUT2D eigenvalue weighted by Gasteiger charge is -2.17. The number of aliphatic imine (C=N–C) groups is 1. The highest BCUT2D eigenvalue weighted by molar-refractivity contribution is 9.10. The topological polar surface area (TPSA) is 51.1 Å². The van der Waals surface area contributed by atoms with Gasteiger partial charge in [0.05, 0.1) is 17.7 Å². The zero-order chi connectivity index (χ0) is 26.5. The van der Waals surface area contributed by atoms with Crippen molar-refractivity contribution < 1.29 is 14.3 Å². The van der Waals surface area contributed by atoms with Crippen LogP contribution in [-0.4, -0.2) is 29.6 Å². The third kappa shape index (κ3) is 7.19. The second-order valence-electron chi connectivity index (χ2n) is 8.73. The number of hydrogen-bond donors (Lipinski definition) is 0. The zero-order valence-corrected chi connectivity index (χ0v) is 25.2. The lowest BCUT2D eigenvalue weighted by atomic mass is 10.1. The van der Waals surface area contributed by atoms with E-state index >= 15 is 0 Å². The van der Waals surface area contributed by atoms with E-state index in [9.17, 15) is 4.79 Å². The summed E-state index contributed by atoms with van der Waals surface area (Å²) in [5, 5.41) is 1.28. The van der Waals surface area contributed by atoms with Gasteiger partial charge in [-0.1, -0.05) is 69.4 Å². The van der Waals surface area contributed by atoms with Gasteiger partial charge in [0.2, 0.25) is 0 Å². The molecule has 1 fully saturated rings. The molecule has 4 rings (SSSR count). The first-order chi connectivity index (χ1) is 17.7. The minimum Gasteiger partial charge on any atom is -0.493 e. The maximum Gasteiger partial charge on any atom is 0.266 e. The SMILES string of the molecule is COc1cc(/C=C2\SC(=Nc3ccc(Cl)cc3)N(CC(C)C)C2=O)c(Br)cc1OCc1ccc(Br)cc1. The molecule has 0 aromatic heterocycles. The van der Waals surface area contributed by atoms with E-state index in [1.165, 1.54) is 11.8 Å². The molecule has 1 heterocycles. The average molecular weight is 665 g/mol. The van der Waals surface area contributed by atoms with Gasteiger partial charge >= 0.3 is 0 Å². The molecular weight excluding hydrogens is 640 g/mol. The molecule has 1 amide bonds. The lowest BCUT2D eigenvalue weighted by Crippen LogP contribution is -2.32. The van der Waals surface area contributed by atoms with E-state index in [1.54, 1.807) is 24.1 Å². The molecule has 0 atom stereocenters. The summed E-state index contributed by atoms with van der Waals surface area (Å²) in [6.07, 6.45) is 1.86. The van der Waals surface area contributed by atoms with E-state index in [1.807, 2.05) is 54.6 Å². The summed E-state index contributed by atoms with van der Waals surface area (Å²) in [5.74, 6) is 1.40. The summed E-state index contributed by atoms with van der Waals surface area (Å²) in [6.45, 7) is 5.13. The Hall–Kier alpha value is -2.26. The highest BCUT2D eigenvalue weighted by Gasteiger charge is 2.34. The van der Waals surface area contributed by atoms with Crippen LogP contribution in [0.25, 0.3) is 6.08 Å². The van der Waals surface area contributed by atoms with Gasteiger partial charge in [0, 0.05) is 20.5 Å². The van der Waals surface area contributed by atoms with Crippen LogP contribution in [0.5, 0.6) is 11.5 Å². The Morgan fingerprint density at radius 3 is 2.41 bits per heavy atom. The van der Waals surface area contributed by atoms with Crippen LogP contribution in [0.1, 0.15) is 25.0 Å². The van der Waals surface area contributed by atoms with Crippen LogP contribution in [0.15, 0.2) is 79.5 Å². The molecule has 1 aliphatic heterocycles. The van der Waals surface area contributed by atoms with Gasteiger partial charge in [0.15, 0.2) is 16.7 Å². The molecular formula is C28H25Br2ClN2O3S. The Kier molecular flexibility index (Phi) is 9.40. The summed E-state index contributed by atoms with van der Waals surface area (Å²) in [7, 11) is 1.60. The number of rotatable bonds is 8. The van der Waals surface area contributed by atoms with Crippen molar-refractivity contribution in [2.24, 2.45) is 10.9 Å². The van der Waals surface area contributed by atoms with E-state index in [4.69, 9.17) is 26.1 Å². The fraction of sp³-hybridized carbons (Fsp3) is 0.214. The number of methoxy groups -OCH3 is 1. The van der Waals surface area contributed by atoms with Gasteiger partial charge in [-0.2, -0.15) is 0 Å². The molecule has 0 aliphatic carbocycles. The van der Waals surface area contributed by atoms with Crippen LogP contribution in [0, 0.1) is 5.92 Å². The maximum absolute atomic E-state index is 13.4. The number of carbonyl (C=O) groups is 1. The molecule has 1 saturated heterocycles. The fourth-order valence-electron chi connectivity index (χ4n) is 3.56. The molecule has 0 saturated carbocycles. The van der Waals surface area contributed by atoms with Crippen LogP contribution in [0.4, 0.5) is 5.69 Å². The number of hydrogen-bond acceptors (Lipinski definition) is 5. The number of halogens is 3. The quantitative estimate of drug-likeness (QED) is 0.226. The second-order valence-corrected chi connectivity index (χ2v) is 11.9. The van der Waals surface area contributed by atoms with Crippen molar-refractivity contribution in [2.75, 3.05) is 13.7 Å². The molecule has 3 aromatic rings. The van der Waals surface area contributed by atoms with Gasteiger partial charge in [-0.15, -0.1) is 0 Å². The normalized spacial score (nSPS) is 15.8. The van der Waals surface area contributed by atoms with Crippen LogP contribution < -0.4 is 9.47 Å². The number of thioether (sulfide) groups is 1. The first kappa shape index (κ1) is 27.8. The second kappa shape index (κ2) is 12.5. The summed E-state index contributed by atoms with van der Waals surface area (Å²) in [4.78, 5) is 20.4. The minimum atomic E-state index is -0.0761. The van der Waals surface area contributed by atoms with Crippen LogP contribution in [0.2, 0.25) is 5.02 Å². The lowest BCUT2D eigenvalue weighted by molar-refractivity contribution is -0.122. The molecule has 0 unspecified atom stereocenters. The third-order valence-corrected chi connectivity index (χ3v) is 7.84. The highest BCUT2D eigenvalue weighted by Crippen LogP contribution is 2.39. The van der Waals surface area contributed by atoms with Gasteiger partial charge in [-0.05, 0) is 83.4 Å².